The minimum Gasteiger partial charge on any atom is -0.492 e. The minimum atomic E-state index is -1.02. The summed E-state index contributed by atoms with van der Waals surface area (Å²) in [5.41, 5.74) is 4.51. The second kappa shape index (κ2) is 9.46. The number of benzene rings is 2. The van der Waals surface area contributed by atoms with E-state index in [0.717, 1.165) is 0 Å². The Labute approximate surface area is 200 Å². The molecule has 0 saturated heterocycles. The molecule has 2 aromatic carbocycles. The number of carboxylic acid groups (broad SMARTS) is 1. The quantitative estimate of drug-likeness (QED) is 0.302. The van der Waals surface area contributed by atoms with Crippen LogP contribution in [0, 0.1) is 26.6 Å². The molecular weight excluding hydrogens is 453 g/mol. The molecule has 4 N–H and O–H groups in total. The number of aryl methyl sites for hydroxylation is 2. The molecule has 1 aliphatic rings. The van der Waals surface area contributed by atoms with E-state index in [1.54, 1.807) is 39.0 Å². The van der Waals surface area contributed by atoms with E-state index < -0.39 is 11.8 Å². The summed E-state index contributed by atoms with van der Waals surface area (Å²) in [6.07, 6.45) is 1.63. The number of amides is 2. The predicted octanol–water partition coefficient (Wildman–Crippen LogP) is 4.08. The van der Waals surface area contributed by atoms with Crippen LogP contribution in [0.2, 0.25) is 0 Å². The Morgan fingerprint density at radius 3 is 2.54 bits per heavy atom. The van der Waals surface area contributed by atoms with E-state index in [0.29, 0.717) is 50.7 Å². The van der Waals surface area contributed by atoms with E-state index in [4.69, 9.17) is 9.84 Å². The Morgan fingerprint density at radius 2 is 1.86 bits per heavy atom. The molecule has 3 aromatic rings. The highest BCUT2D eigenvalue weighted by Gasteiger charge is 2.27. The van der Waals surface area contributed by atoms with Gasteiger partial charge in [-0.3, -0.25) is 9.59 Å². The highest BCUT2D eigenvalue weighted by molar-refractivity contribution is 6.35. The van der Waals surface area contributed by atoms with Gasteiger partial charge in [-0.1, -0.05) is 0 Å². The van der Waals surface area contributed by atoms with Crippen LogP contribution in [0.25, 0.3) is 11.6 Å². The van der Waals surface area contributed by atoms with Gasteiger partial charge in [-0.2, -0.15) is 0 Å². The Morgan fingerprint density at radius 1 is 1.14 bits per heavy atom. The lowest BCUT2D eigenvalue weighted by Crippen LogP contribution is -2.28. The number of hydrogen-bond donors (Lipinski definition) is 4. The summed E-state index contributed by atoms with van der Waals surface area (Å²) in [7, 11) is 0. The van der Waals surface area contributed by atoms with Gasteiger partial charge in [-0.15, -0.1) is 0 Å². The number of aromatic amines is 1. The van der Waals surface area contributed by atoms with Gasteiger partial charge >= 0.3 is 5.97 Å². The van der Waals surface area contributed by atoms with Gasteiger partial charge in [-0.05, 0) is 74.4 Å². The van der Waals surface area contributed by atoms with Crippen LogP contribution in [-0.4, -0.2) is 41.0 Å². The summed E-state index contributed by atoms with van der Waals surface area (Å²) in [4.78, 5) is 39.4. The molecule has 180 valence electrons. The first-order valence-electron chi connectivity index (χ1n) is 10.9. The van der Waals surface area contributed by atoms with Crippen LogP contribution in [0.3, 0.4) is 0 Å². The summed E-state index contributed by atoms with van der Waals surface area (Å²) in [5.74, 6) is -1.59. The molecule has 9 heteroatoms. The largest absolute Gasteiger partial charge is 0.492 e. The van der Waals surface area contributed by atoms with Gasteiger partial charge in [0, 0.05) is 17.0 Å². The number of rotatable bonds is 7. The molecule has 8 nitrogen and oxygen atoms in total. The Kier molecular flexibility index (Phi) is 6.42. The van der Waals surface area contributed by atoms with Crippen molar-refractivity contribution in [2.24, 2.45) is 0 Å². The van der Waals surface area contributed by atoms with Crippen LogP contribution in [0.1, 0.15) is 48.8 Å². The molecule has 2 amide bonds. The number of carbonyl (C=O) groups excluding carboxylic acids is 2. The van der Waals surface area contributed by atoms with Gasteiger partial charge in [0.15, 0.2) is 0 Å². The summed E-state index contributed by atoms with van der Waals surface area (Å²) >= 11 is 0. The van der Waals surface area contributed by atoms with Gasteiger partial charge in [0.2, 0.25) is 0 Å². The number of carbonyl (C=O) groups is 3. The topological polar surface area (TPSA) is 121 Å². The molecule has 1 aromatic heterocycles. The van der Waals surface area contributed by atoms with Gasteiger partial charge in [-0.25, -0.2) is 9.18 Å². The molecule has 1 aliphatic heterocycles. The Balaban J connectivity index is 1.45. The smallest absolute Gasteiger partial charge is 0.335 e. The van der Waals surface area contributed by atoms with Crippen molar-refractivity contribution in [1.82, 2.24) is 10.3 Å². The third kappa shape index (κ3) is 4.79. The SMILES string of the molecule is Cc1cc(F)cc2c1NC(=O)C2=Cc1[nH]c(C)c(C(=O)NCCOc2ccc(C(=O)O)cc2)c1C. The normalized spacial score (nSPS) is 13.5. The monoisotopic (exact) mass is 477 g/mol. The Bertz CT molecular complexity index is 1370. The number of halogens is 1. The van der Waals surface area contributed by atoms with Crippen molar-refractivity contribution in [2.45, 2.75) is 20.8 Å². The average Bonchev–Trinajstić information content (AvgIpc) is 3.27. The third-order valence-electron chi connectivity index (χ3n) is 5.82. The number of aromatic nitrogens is 1. The van der Waals surface area contributed by atoms with Crippen LogP contribution < -0.4 is 15.4 Å². The van der Waals surface area contributed by atoms with Crippen LogP contribution in [-0.2, 0) is 4.79 Å². The second-order valence-electron chi connectivity index (χ2n) is 8.25. The number of H-pyrrole nitrogens is 1. The van der Waals surface area contributed by atoms with E-state index in [1.807, 2.05) is 0 Å². The second-order valence-corrected chi connectivity index (χ2v) is 8.25. The van der Waals surface area contributed by atoms with Crippen molar-refractivity contribution >= 4 is 35.1 Å². The number of carboxylic acids is 1. The molecule has 35 heavy (non-hydrogen) atoms. The highest BCUT2D eigenvalue weighted by Crippen LogP contribution is 2.36. The third-order valence-corrected chi connectivity index (χ3v) is 5.82. The number of fused-ring (bicyclic) bond motifs is 1. The fourth-order valence-electron chi connectivity index (χ4n) is 4.09. The van der Waals surface area contributed by atoms with Crippen molar-refractivity contribution < 1.29 is 28.6 Å². The first-order valence-corrected chi connectivity index (χ1v) is 10.9. The first-order chi connectivity index (χ1) is 16.7. The van der Waals surface area contributed by atoms with Crippen molar-refractivity contribution in [1.29, 1.82) is 0 Å². The zero-order valence-corrected chi connectivity index (χ0v) is 19.4. The standard InChI is InChI=1S/C26H24FN3O5/c1-13-10-17(27)11-19-20(24(31)30-23(13)19)12-21-14(2)22(15(3)29-21)25(32)28-8-9-35-18-6-4-16(5-7-18)26(33)34/h4-7,10-12,29H,8-9H2,1-3H3,(H,28,32)(H,30,31)(H,33,34). The molecule has 0 bridgehead atoms. The molecule has 0 spiro atoms. The number of hydrogen-bond acceptors (Lipinski definition) is 4. The summed E-state index contributed by atoms with van der Waals surface area (Å²) in [6.45, 7) is 5.69. The lowest BCUT2D eigenvalue weighted by atomic mass is 10.0. The number of ether oxygens (including phenoxy) is 1. The van der Waals surface area contributed by atoms with E-state index in [9.17, 15) is 18.8 Å². The lowest BCUT2D eigenvalue weighted by Gasteiger charge is -2.08. The van der Waals surface area contributed by atoms with Crippen molar-refractivity contribution in [3.05, 3.63) is 81.4 Å². The molecule has 0 fully saturated rings. The lowest BCUT2D eigenvalue weighted by molar-refractivity contribution is -0.110. The molecule has 4 rings (SSSR count). The van der Waals surface area contributed by atoms with Crippen molar-refractivity contribution in [3.63, 3.8) is 0 Å². The summed E-state index contributed by atoms with van der Waals surface area (Å²) in [5, 5.41) is 14.5. The fourth-order valence-corrected chi connectivity index (χ4v) is 4.09. The summed E-state index contributed by atoms with van der Waals surface area (Å²) < 4.78 is 19.5. The average molecular weight is 477 g/mol. The minimum absolute atomic E-state index is 0.161. The van der Waals surface area contributed by atoms with Crippen LogP contribution in [0.15, 0.2) is 36.4 Å². The number of nitrogens with one attached hydrogen (secondary N) is 3. The Hall–Kier alpha value is -4.40. The van der Waals surface area contributed by atoms with Crippen LogP contribution in [0.5, 0.6) is 5.75 Å². The molecule has 2 heterocycles. The van der Waals surface area contributed by atoms with E-state index in [2.05, 4.69) is 15.6 Å². The van der Waals surface area contributed by atoms with Crippen molar-refractivity contribution in [2.75, 3.05) is 18.5 Å². The van der Waals surface area contributed by atoms with Gasteiger partial charge in [0.05, 0.1) is 28.9 Å². The fraction of sp³-hybridized carbons (Fsp3) is 0.192. The van der Waals surface area contributed by atoms with Crippen molar-refractivity contribution in [3.8, 4) is 5.75 Å². The molecule has 0 radical (unpaired) electrons. The molecule has 0 atom stereocenters. The first kappa shape index (κ1) is 23.7. The van der Waals surface area contributed by atoms with E-state index in [1.165, 1.54) is 24.3 Å². The molecular formula is C26H24FN3O5. The van der Waals surface area contributed by atoms with E-state index in [-0.39, 0.29) is 30.5 Å². The van der Waals surface area contributed by atoms with Gasteiger partial charge in [0.25, 0.3) is 11.8 Å². The van der Waals surface area contributed by atoms with Crippen LogP contribution in [0.4, 0.5) is 10.1 Å². The molecule has 0 saturated carbocycles. The maximum Gasteiger partial charge on any atom is 0.335 e. The molecule has 0 unspecified atom stereocenters. The van der Waals surface area contributed by atoms with E-state index >= 15 is 0 Å². The number of anilines is 1. The highest BCUT2D eigenvalue weighted by atomic mass is 19.1. The zero-order valence-electron chi connectivity index (χ0n) is 19.4. The summed E-state index contributed by atoms with van der Waals surface area (Å²) in [6, 6.07) is 8.67. The maximum absolute atomic E-state index is 14.0. The molecule has 0 aliphatic carbocycles. The van der Waals surface area contributed by atoms with Gasteiger partial charge in [0.1, 0.15) is 18.2 Å². The zero-order chi connectivity index (χ0) is 25.3. The van der Waals surface area contributed by atoms with Gasteiger partial charge < -0.3 is 25.5 Å². The van der Waals surface area contributed by atoms with Crippen LogP contribution >= 0.6 is 0 Å². The number of aromatic carboxylic acids is 1. The maximum atomic E-state index is 14.0. The predicted molar refractivity (Wildman–Crippen MR) is 129 cm³/mol.